The number of hydrogen-bond acceptors (Lipinski definition) is 4. The van der Waals surface area contributed by atoms with Crippen LogP contribution in [0, 0.1) is 5.92 Å². The van der Waals surface area contributed by atoms with E-state index in [-0.39, 0.29) is 5.92 Å². The van der Waals surface area contributed by atoms with Crippen molar-refractivity contribution in [3.63, 3.8) is 0 Å². The van der Waals surface area contributed by atoms with Crippen LogP contribution in [0.1, 0.15) is 51.3 Å². The van der Waals surface area contributed by atoms with Crippen molar-refractivity contribution in [2.75, 3.05) is 5.73 Å². The van der Waals surface area contributed by atoms with Crippen LogP contribution in [-0.4, -0.2) is 21.2 Å². The van der Waals surface area contributed by atoms with Crippen LogP contribution in [0.5, 0.6) is 0 Å². The predicted octanol–water partition coefficient (Wildman–Crippen LogP) is 1.62. The Morgan fingerprint density at radius 2 is 2.06 bits per heavy atom. The third kappa shape index (κ3) is 2.56. The molecule has 0 spiro atoms. The molecule has 5 heteroatoms. The van der Waals surface area contributed by atoms with Gasteiger partial charge in [-0.15, -0.1) is 0 Å². The molecule has 0 aromatic carbocycles. The van der Waals surface area contributed by atoms with E-state index < -0.39 is 5.60 Å². The number of nitrogens with two attached hydrogens (primary N) is 1. The lowest BCUT2D eigenvalue weighted by molar-refractivity contribution is -0.112. The molecule has 18 heavy (non-hydrogen) atoms. The number of hydrogen-bond donors (Lipinski definition) is 2. The Morgan fingerprint density at radius 3 is 2.50 bits per heavy atom. The van der Waals surface area contributed by atoms with Gasteiger partial charge in [-0.25, -0.2) is 0 Å². The summed E-state index contributed by atoms with van der Waals surface area (Å²) in [5.41, 5.74) is 5.93. The molecule has 0 bridgehead atoms. The van der Waals surface area contributed by atoms with Gasteiger partial charge in [0, 0.05) is 12.1 Å². The number of aldehydes is 1. The molecule has 1 aliphatic rings. The summed E-state index contributed by atoms with van der Waals surface area (Å²) in [5, 5.41) is 14.4. The summed E-state index contributed by atoms with van der Waals surface area (Å²) >= 11 is 0. The van der Waals surface area contributed by atoms with Gasteiger partial charge in [0.15, 0.2) is 0 Å². The van der Waals surface area contributed by atoms with Gasteiger partial charge in [0.25, 0.3) is 0 Å². The maximum absolute atomic E-state index is 10.7. The molecule has 0 amide bonds. The molecule has 0 saturated heterocycles. The van der Waals surface area contributed by atoms with Gasteiger partial charge in [-0.1, -0.05) is 0 Å². The maximum Gasteiger partial charge on any atom is 0.123 e. The second kappa shape index (κ2) is 4.72. The quantitative estimate of drug-likeness (QED) is 0.800. The van der Waals surface area contributed by atoms with Crippen molar-refractivity contribution in [1.82, 2.24) is 9.78 Å². The standard InChI is InChI=1S/C13H21N3O2/c1-13(2,18)12-11(14)7-16(15-12)10-5-3-9(8-17)4-6-10/h7-10,18H,3-6,14H2,1-2H3. The number of carbonyl (C=O) groups excluding carboxylic acids is 1. The van der Waals surface area contributed by atoms with Crippen LogP contribution in [0.25, 0.3) is 0 Å². The highest BCUT2D eigenvalue weighted by atomic mass is 16.3. The Bertz CT molecular complexity index is 426. The molecule has 0 atom stereocenters. The van der Waals surface area contributed by atoms with E-state index >= 15 is 0 Å². The average Bonchev–Trinajstić information content (AvgIpc) is 2.71. The summed E-state index contributed by atoms with van der Waals surface area (Å²) in [7, 11) is 0. The first-order chi connectivity index (χ1) is 8.41. The zero-order valence-corrected chi connectivity index (χ0v) is 11.0. The van der Waals surface area contributed by atoms with Gasteiger partial charge in [-0.3, -0.25) is 4.68 Å². The van der Waals surface area contributed by atoms with Crippen LogP contribution < -0.4 is 5.73 Å². The summed E-state index contributed by atoms with van der Waals surface area (Å²) in [6.07, 6.45) is 6.54. The third-order valence-electron chi connectivity index (χ3n) is 3.65. The highest BCUT2D eigenvalue weighted by Crippen LogP contribution is 2.33. The Kier molecular flexibility index (Phi) is 3.43. The van der Waals surface area contributed by atoms with Gasteiger partial charge in [0.2, 0.25) is 0 Å². The van der Waals surface area contributed by atoms with Gasteiger partial charge in [0.1, 0.15) is 17.6 Å². The average molecular weight is 251 g/mol. The van der Waals surface area contributed by atoms with Crippen molar-refractivity contribution in [2.45, 2.75) is 51.2 Å². The summed E-state index contributed by atoms with van der Waals surface area (Å²) in [6, 6.07) is 0.291. The largest absolute Gasteiger partial charge is 0.396 e. The van der Waals surface area contributed by atoms with E-state index in [0.29, 0.717) is 17.4 Å². The van der Waals surface area contributed by atoms with Gasteiger partial charge in [-0.05, 0) is 39.5 Å². The van der Waals surface area contributed by atoms with Crippen molar-refractivity contribution < 1.29 is 9.90 Å². The van der Waals surface area contributed by atoms with E-state index in [4.69, 9.17) is 5.73 Å². The zero-order chi connectivity index (χ0) is 13.3. The van der Waals surface area contributed by atoms with Crippen molar-refractivity contribution >= 4 is 12.0 Å². The summed E-state index contributed by atoms with van der Waals surface area (Å²) < 4.78 is 1.85. The highest BCUT2D eigenvalue weighted by molar-refractivity contribution is 5.53. The number of nitrogens with zero attached hydrogens (tertiary/aromatic N) is 2. The van der Waals surface area contributed by atoms with Crippen molar-refractivity contribution in [2.24, 2.45) is 5.92 Å². The first kappa shape index (κ1) is 13.1. The summed E-state index contributed by atoms with van der Waals surface area (Å²) in [6.45, 7) is 3.36. The van der Waals surface area contributed by atoms with E-state index in [0.717, 1.165) is 32.0 Å². The highest BCUT2D eigenvalue weighted by Gasteiger charge is 2.27. The SMILES string of the molecule is CC(C)(O)c1nn(C2CCC(C=O)CC2)cc1N. The first-order valence-electron chi connectivity index (χ1n) is 6.44. The molecule has 1 fully saturated rings. The number of nitrogen functional groups attached to an aromatic ring is 1. The van der Waals surface area contributed by atoms with Crippen molar-refractivity contribution in [3.05, 3.63) is 11.9 Å². The lowest BCUT2D eigenvalue weighted by Gasteiger charge is -2.25. The number of rotatable bonds is 3. The molecular weight excluding hydrogens is 230 g/mol. The van der Waals surface area contributed by atoms with E-state index in [1.54, 1.807) is 20.0 Å². The minimum Gasteiger partial charge on any atom is -0.396 e. The number of aromatic nitrogens is 2. The van der Waals surface area contributed by atoms with Crippen LogP contribution in [0.15, 0.2) is 6.20 Å². The first-order valence-corrected chi connectivity index (χ1v) is 6.44. The lowest BCUT2D eigenvalue weighted by atomic mass is 9.87. The van der Waals surface area contributed by atoms with Gasteiger partial charge in [0.05, 0.1) is 11.7 Å². The third-order valence-corrected chi connectivity index (χ3v) is 3.65. The molecular formula is C13H21N3O2. The predicted molar refractivity (Wildman–Crippen MR) is 68.9 cm³/mol. The number of aliphatic hydroxyl groups is 1. The molecule has 0 unspecified atom stereocenters. The zero-order valence-electron chi connectivity index (χ0n) is 11.0. The molecule has 0 aliphatic heterocycles. The van der Waals surface area contributed by atoms with Crippen LogP contribution in [0.2, 0.25) is 0 Å². The molecule has 1 aromatic rings. The molecule has 3 N–H and O–H groups in total. The Morgan fingerprint density at radius 1 is 1.44 bits per heavy atom. The molecule has 0 radical (unpaired) electrons. The molecule has 1 aromatic heterocycles. The van der Waals surface area contributed by atoms with E-state index in [9.17, 15) is 9.90 Å². The van der Waals surface area contributed by atoms with Crippen molar-refractivity contribution in [1.29, 1.82) is 0 Å². The molecule has 100 valence electrons. The fourth-order valence-electron chi connectivity index (χ4n) is 2.57. The fourth-order valence-corrected chi connectivity index (χ4v) is 2.57. The minimum atomic E-state index is -1.02. The maximum atomic E-state index is 10.7. The molecule has 5 nitrogen and oxygen atoms in total. The van der Waals surface area contributed by atoms with Gasteiger partial charge >= 0.3 is 0 Å². The topological polar surface area (TPSA) is 81.1 Å². The fraction of sp³-hybridized carbons (Fsp3) is 0.692. The number of anilines is 1. The Balaban J connectivity index is 2.13. The Hall–Kier alpha value is -1.36. The van der Waals surface area contributed by atoms with Gasteiger partial charge in [-0.2, -0.15) is 5.10 Å². The van der Waals surface area contributed by atoms with Crippen LogP contribution in [-0.2, 0) is 10.4 Å². The summed E-state index contributed by atoms with van der Waals surface area (Å²) in [5.74, 6) is 0.197. The smallest absolute Gasteiger partial charge is 0.123 e. The van der Waals surface area contributed by atoms with Crippen LogP contribution in [0.3, 0.4) is 0 Å². The van der Waals surface area contributed by atoms with Gasteiger partial charge < -0.3 is 15.6 Å². The van der Waals surface area contributed by atoms with Crippen molar-refractivity contribution in [3.8, 4) is 0 Å². The van der Waals surface area contributed by atoms with E-state index in [2.05, 4.69) is 5.10 Å². The summed E-state index contributed by atoms with van der Waals surface area (Å²) in [4.78, 5) is 10.7. The molecule has 1 saturated carbocycles. The normalized spacial score (nSPS) is 25.1. The molecule has 2 rings (SSSR count). The second-order valence-electron chi connectivity index (χ2n) is 5.68. The van der Waals surface area contributed by atoms with E-state index in [1.165, 1.54) is 0 Å². The second-order valence-corrected chi connectivity index (χ2v) is 5.68. The molecule has 1 aliphatic carbocycles. The van der Waals surface area contributed by atoms with Crippen LogP contribution in [0.4, 0.5) is 5.69 Å². The van der Waals surface area contributed by atoms with E-state index in [1.807, 2.05) is 4.68 Å². The number of carbonyl (C=O) groups is 1. The lowest BCUT2D eigenvalue weighted by Crippen LogP contribution is -2.21. The van der Waals surface area contributed by atoms with Crippen LogP contribution >= 0.6 is 0 Å². The Labute approximate surface area is 107 Å². The monoisotopic (exact) mass is 251 g/mol. The molecule has 1 heterocycles. The minimum absolute atomic E-state index is 0.197.